The van der Waals surface area contributed by atoms with Gasteiger partial charge in [0.05, 0.1) is 0 Å². The van der Waals surface area contributed by atoms with Crippen molar-refractivity contribution in [3.05, 3.63) is 35.4 Å². The third-order valence-corrected chi connectivity index (χ3v) is 6.08. The summed E-state index contributed by atoms with van der Waals surface area (Å²) < 4.78 is 0. The van der Waals surface area contributed by atoms with Crippen molar-refractivity contribution in [1.82, 2.24) is 20.0 Å². The summed E-state index contributed by atoms with van der Waals surface area (Å²) in [6, 6.07) is 8.34. The number of hydrogen-bond donors (Lipinski definition) is 1. The van der Waals surface area contributed by atoms with Crippen molar-refractivity contribution >= 4 is 5.91 Å². The van der Waals surface area contributed by atoms with Gasteiger partial charge in [0, 0.05) is 52.2 Å². The molecular formula is C22H36N4O. The van der Waals surface area contributed by atoms with Gasteiger partial charge in [0.15, 0.2) is 0 Å². The molecule has 0 unspecified atom stereocenters. The number of hydrogen-bond acceptors (Lipinski definition) is 4. The minimum Gasteiger partial charge on any atom is -0.352 e. The molecule has 27 heavy (non-hydrogen) atoms. The van der Waals surface area contributed by atoms with E-state index in [4.69, 9.17) is 0 Å². The lowest BCUT2D eigenvalue weighted by Gasteiger charge is -2.38. The normalized spacial score (nSPS) is 20.7. The Kier molecular flexibility index (Phi) is 7.68. The maximum Gasteiger partial charge on any atom is 0.221 e. The van der Waals surface area contributed by atoms with Crippen molar-refractivity contribution in [2.75, 3.05) is 59.4 Å². The van der Waals surface area contributed by atoms with Crippen molar-refractivity contribution in [3.8, 4) is 0 Å². The summed E-state index contributed by atoms with van der Waals surface area (Å²) in [6.45, 7) is 11.8. The molecule has 2 aliphatic rings. The topological polar surface area (TPSA) is 38.8 Å². The summed E-state index contributed by atoms with van der Waals surface area (Å²) in [6.07, 6.45) is 3.29. The van der Waals surface area contributed by atoms with Gasteiger partial charge in [-0.3, -0.25) is 4.79 Å². The Hall–Kier alpha value is -1.43. The van der Waals surface area contributed by atoms with E-state index in [2.05, 4.69) is 58.3 Å². The van der Waals surface area contributed by atoms with Crippen LogP contribution < -0.4 is 5.32 Å². The molecule has 0 radical (unpaired) electrons. The Bertz CT molecular complexity index is 572. The Balaban J connectivity index is 1.27. The number of likely N-dealkylation sites (tertiary alicyclic amines) is 1. The first-order chi connectivity index (χ1) is 13.1. The van der Waals surface area contributed by atoms with Gasteiger partial charge < -0.3 is 20.0 Å². The van der Waals surface area contributed by atoms with Crippen LogP contribution in [0.5, 0.6) is 0 Å². The summed E-state index contributed by atoms with van der Waals surface area (Å²) >= 11 is 0. The zero-order valence-electron chi connectivity index (χ0n) is 17.1. The molecule has 0 spiro atoms. The molecule has 2 heterocycles. The predicted octanol–water partition coefficient (Wildman–Crippen LogP) is 1.96. The Morgan fingerprint density at radius 2 is 1.63 bits per heavy atom. The van der Waals surface area contributed by atoms with Crippen molar-refractivity contribution in [3.63, 3.8) is 0 Å². The van der Waals surface area contributed by atoms with E-state index in [1.54, 1.807) is 0 Å². The summed E-state index contributed by atoms with van der Waals surface area (Å²) in [5.41, 5.74) is 2.41. The SMILES string of the molecule is Cc1ccc(CNC(=O)CCN2CCN(CC3CCN(C)CC3)CC2)cc1. The molecule has 2 aliphatic heterocycles. The van der Waals surface area contributed by atoms with Crippen LogP contribution in [0.25, 0.3) is 0 Å². The van der Waals surface area contributed by atoms with Crippen molar-refractivity contribution in [2.45, 2.75) is 32.7 Å². The minimum absolute atomic E-state index is 0.157. The molecule has 1 amide bonds. The lowest BCUT2D eigenvalue weighted by Crippen LogP contribution is -2.49. The van der Waals surface area contributed by atoms with Crippen LogP contribution >= 0.6 is 0 Å². The maximum absolute atomic E-state index is 12.1. The Morgan fingerprint density at radius 1 is 1.00 bits per heavy atom. The fourth-order valence-corrected chi connectivity index (χ4v) is 4.06. The molecule has 0 saturated carbocycles. The molecule has 0 bridgehead atoms. The third-order valence-electron chi connectivity index (χ3n) is 6.08. The number of nitrogens with one attached hydrogen (secondary N) is 1. The summed E-state index contributed by atoms with van der Waals surface area (Å²) in [7, 11) is 2.23. The van der Waals surface area contributed by atoms with Gasteiger partial charge in [-0.05, 0) is 51.4 Å². The van der Waals surface area contributed by atoms with E-state index in [9.17, 15) is 4.79 Å². The van der Waals surface area contributed by atoms with Crippen LogP contribution in [-0.2, 0) is 11.3 Å². The number of amides is 1. The number of nitrogens with zero attached hydrogens (tertiary/aromatic N) is 3. The highest BCUT2D eigenvalue weighted by molar-refractivity contribution is 5.76. The van der Waals surface area contributed by atoms with Gasteiger partial charge in [0.2, 0.25) is 5.91 Å². The van der Waals surface area contributed by atoms with Crippen LogP contribution in [0.2, 0.25) is 0 Å². The van der Waals surface area contributed by atoms with E-state index in [0.29, 0.717) is 13.0 Å². The van der Waals surface area contributed by atoms with Gasteiger partial charge in [-0.15, -0.1) is 0 Å². The van der Waals surface area contributed by atoms with Crippen molar-refractivity contribution < 1.29 is 4.79 Å². The van der Waals surface area contributed by atoms with E-state index in [1.165, 1.54) is 38.0 Å². The van der Waals surface area contributed by atoms with E-state index < -0.39 is 0 Å². The van der Waals surface area contributed by atoms with E-state index >= 15 is 0 Å². The third kappa shape index (κ3) is 6.91. The van der Waals surface area contributed by atoms with Crippen LogP contribution in [0.3, 0.4) is 0 Å². The van der Waals surface area contributed by atoms with Crippen LogP contribution in [0.15, 0.2) is 24.3 Å². The quantitative estimate of drug-likeness (QED) is 0.794. The molecule has 5 nitrogen and oxygen atoms in total. The molecule has 5 heteroatoms. The Morgan fingerprint density at radius 3 is 2.30 bits per heavy atom. The molecule has 0 atom stereocenters. The van der Waals surface area contributed by atoms with E-state index in [1.807, 2.05) is 0 Å². The van der Waals surface area contributed by atoms with Gasteiger partial charge in [0.25, 0.3) is 0 Å². The molecule has 1 aromatic carbocycles. The molecule has 3 rings (SSSR count). The fraction of sp³-hybridized carbons (Fsp3) is 0.682. The highest BCUT2D eigenvalue weighted by atomic mass is 16.1. The number of carbonyl (C=O) groups excluding carboxylic acids is 1. The molecule has 0 aromatic heterocycles. The number of carbonyl (C=O) groups is 1. The Labute approximate surface area is 164 Å². The van der Waals surface area contributed by atoms with Gasteiger partial charge in [-0.1, -0.05) is 29.8 Å². The van der Waals surface area contributed by atoms with Gasteiger partial charge in [-0.25, -0.2) is 0 Å². The highest BCUT2D eigenvalue weighted by Gasteiger charge is 2.22. The van der Waals surface area contributed by atoms with Crippen molar-refractivity contribution in [2.24, 2.45) is 5.92 Å². The smallest absolute Gasteiger partial charge is 0.221 e. The number of aryl methyl sites for hydroxylation is 1. The van der Waals surface area contributed by atoms with Crippen LogP contribution in [0, 0.1) is 12.8 Å². The number of piperidine rings is 1. The number of piperazine rings is 1. The fourth-order valence-electron chi connectivity index (χ4n) is 4.06. The lowest BCUT2D eigenvalue weighted by molar-refractivity contribution is -0.121. The van der Waals surface area contributed by atoms with Crippen molar-refractivity contribution in [1.29, 1.82) is 0 Å². The second-order valence-corrected chi connectivity index (χ2v) is 8.40. The second-order valence-electron chi connectivity index (χ2n) is 8.40. The van der Waals surface area contributed by atoms with Crippen LogP contribution in [0.1, 0.15) is 30.4 Å². The molecule has 1 N–H and O–H groups in total. The van der Waals surface area contributed by atoms with E-state index in [0.717, 1.165) is 44.2 Å². The summed E-state index contributed by atoms with van der Waals surface area (Å²) in [5, 5.41) is 3.04. The van der Waals surface area contributed by atoms with Gasteiger partial charge >= 0.3 is 0 Å². The van der Waals surface area contributed by atoms with E-state index in [-0.39, 0.29) is 5.91 Å². The number of rotatable bonds is 7. The molecule has 150 valence electrons. The average molecular weight is 373 g/mol. The number of benzene rings is 1. The average Bonchev–Trinajstić information content (AvgIpc) is 2.69. The first kappa shape index (κ1) is 20.3. The molecular weight excluding hydrogens is 336 g/mol. The minimum atomic E-state index is 0.157. The first-order valence-corrected chi connectivity index (χ1v) is 10.5. The molecule has 0 aliphatic carbocycles. The standard InChI is InChI=1S/C22H36N4O/c1-19-3-5-20(6-4-19)17-23-22(27)9-12-25-13-15-26(16-14-25)18-21-7-10-24(2)11-8-21/h3-6,21H,7-18H2,1-2H3,(H,23,27). The second kappa shape index (κ2) is 10.2. The zero-order valence-corrected chi connectivity index (χ0v) is 17.1. The molecule has 2 saturated heterocycles. The molecule has 1 aromatic rings. The highest BCUT2D eigenvalue weighted by Crippen LogP contribution is 2.18. The summed E-state index contributed by atoms with van der Waals surface area (Å²) in [4.78, 5) is 19.6. The zero-order chi connectivity index (χ0) is 19.1. The van der Waals surface area contributed by atoms with Gasteiger partial charge in [-0.2, -0.15) is 0 Å². The van der Waals surface area contributed by atoms with Gasteiger partial charge in [0.1, 0.15) is 0 Å². The molecule has 2 fully saturated rings. The van der Waals surface area contributed by atoms with Crippen LogP contribution in [0.4, 0.5) is 0 Å². The monoisotopic (exact) mass is 372 g/mol. The largest absolute Gasteiger partial charge is 0.352 e. The summed E-state index contributed by atoms with van der Waals surface area (Å²) in [5.74, 6) is 1.03. The lowest BCUT2D eigenvalue weighted by atomic mass is 9.96. The first-order valence-electron chi connectivity index (χ1n) is 10.5. The maximum atomic E-state index is 12.1. The van der Waals surface area contributed by atoms with Crippen LogP contribution in [-0.4, -0.2) is 80.0 Å². The predicted molar refractivity (Wildman–Crippen MR) is 111 cm³/mol.